The number of amides is 2. The number of rotatable bonds is 4. The van der Waals surface area contributed by atoms with E-state index in [0.717, 1.165) is 23.4 Å². The molecule has 0 unspecified atom stereocenters. The van der Waals surface area contributed by atoms with Gasteiger partial charge in [-0.05, 0) is 67.0 Å². The number of hydrogen-bond acceptors (Lipinski definition) is 3. The van der Waals surface area contributed by atoms with Gasteiger partial charge in [0.05, 0.1) is 18.3 Å². The van der Waals surface area contributed by atoms with Gasteiger partial charge in [-0.15, -0.1) is 11.3 Å². The molecule has 0 fully saturated rings. The molecule has 2 amide bonds. The van der Waals surface area contributed by atoms with Crippen molar-refractivity contribution < 1.29 is 4.79 Å². The summed E-state index contributed by atoms with van der Waals surface area (Å²) in [4.78, 5) is 19.3. The largest absolute Gasteiger partial charge is 0.378 e. The maximum atomic E-state index is 13.6. The van der Waals surface area contributed by atoms with E-state index < -0.39 is 0 Å². The number of thiophene rings is 1. The predicted octanol–water partition coefficient (Wildman–Crippen LogP) is 5.75. The van der Waals surface area contributed by atoms with Crippen LogP contribution in [0.15, 0.2) is 42.6 Å². The number of fused-ring (bicyclic) bond motifs is 5. The zero-order valence-electron chi connectivity index (χ0n) is 20.1. The summed E-state index contributed by atoms with van der Waals surface area (Å²) in [6.07, 6.45) is 6.97. The van der Waals surface area contributed by atoms with Gasteiger partial charge in [-0.2, -0.15) is 0 Å². The number of aryl methyl sites for hydroxylation is 1. The SMILES string of the molecule is CC(C)CNC(=O)N1Cc2c(sc3c2CCCC3)-n2cccc2[C@H]1c1ccc(N(C)C)cc1. The van der Waals surface area contributed by atoms with Gasteiger partial charge >= 0.3 is 6.03 Å². The third kappa shape index (κ3) is 4.05. The Labute approximate surface area is 201 Å². The first-order valence-corrected chi connectivity index (χ1v) is 12.9. The van der Waals surface area contributed by atoms with Crippen molar-refractivity contribution >= 4 is 23.1 Å². The van der Waals surface area contributed by atoms with E-state index in [9.17, 15) is 4.79 Å². The molecule has 2 aliphatic rings. The Bertz CT molecular complexity index is 1140. The lowest BCUT2D eigenvalue weighted by Crippen LogP contribution is -2.43. The molecule has 1 aliphatic heterocycles. The van der Waals surface area contributed by atoms with Crippen LogP contribution in [0.4, 0.5) is 10.5 Å². The molecule has 33 heavy (non-hydrogen) atoms. The summed E-state index contributed by atoms with van der Waals surface area (Å²) in [5, 5.41) is 4.51. The second-order valence-corrected chi connectivity index (χ2v) is 11.0. The lowest BCUT2D eigenvalue weighted by atomic mass is 9.95. The molecule has 0 radical (unpaired) electrons. The standard InChI is InChI=1S/C27H34N4OS/c1-18(2)16-28-27(32)31-17-22-21-8-5-6-10-24(21)33-26(22)30-15-7-9-23(30)25(31)19-11-13-20(14-12-19)29(3)4/h7,9,11-15,18,25H,5-6,8,10,16-17H2,1-4H3,(H,28,32)/t25-/m1/s1. The van der Waals surface area contributed by atoms with Crippen LogP contribution < -0.4 is 10.2 Å². The fourth-order valence-corrected chi connectivity index (χ4v) is 6.49. The van der Waals surface area contributed by atoms with Crippen LogP contribution in [0.1, 0.15) is 60.0 Å². The lowest BCUT2D eigenvalue weighted by molar-refractivity contribution is 0.179. The average molecular weight is 463 g/mol. The predicted molar refractivity (Wildman–Crippen MR) is 137 cm³/mol. The molecule has 174 valence electrons. The smallest absolute Gasteiger partial charge is 0.318 e. The highest BCUT2D eigenvalue weighted by atomic mass is 32.1. The summed E-state index contributed by atoms with van der Waals surface area (Å²) in [6, 6.07) is 12.8. The minimum absolute atomic E-state index is 0.0155. The van der Waals surface area contributed by atoms with Crippen molar-refractivity contribution in [2.24, 2.45) is 5.92 Å². The molecule has 6 heteroatoms. The molecule has 0 spiro atoms. The molecule has 3 aromatic rings. The van der Waals surface area contributed by atoms with Crippen LogP contribution in [-0.2, 0) is 19.4 Å². The molecule has 5 rings (SSSR count). The number of carbonyl (C=O) groups excluding carboxylic acids is 1. The number of nitrogens with one attached hydrogen (secondary N) is 1. The zero-order valence-corrected chi connectivity index (χ0v) is 20.9. The second-order valence-electron chi connectivity index (χ2n) is 9.89. The molecular weight excluding hydrogens is 428 g/mol. The first-order chi connectivity index (χ1) is 15.9. The monoisotopic (exact) mass is 462 g/mol. The Hall–Kier alpha value is -2.73. The van der Waals surface area contributed by atoms with E-state index >= 15 is 0 Å². The molecule has 1 aliphatic carbocycles. The van der Waals surface area contributed by atoms with Gasteiger partial charge in [0.1, 0.15) is 5.00 Å². The number of carbonyl (C=O) groups is 1. The molecule has 3 heterocycles. The Morgan fingerprint density at radius 2 is 1.88 bits per heavy atom. The van der Waals surface area contributed by atoms with E-state index in [1.807, 2.05) is 11.3 Å². The first-order valence-electron chi connectivity index (χ1n) is 12.1. The number of aromatic nitrogens is 1. The fourth-order valence-electron chi connectivity index (χ4n) is 5.09. The van der Waals surface area contributed by atoms with Crippen molar-refractivity contribution in [1.29, 1.82) is 0 Å². The average Bonchev–Trinajstić information content (AvgIpc) is 3.39. The lowest BCUT2D eigenvalue weighted by Gasteiger charge is -2.32. The molecule has 0 saturated carbocycles. The van der Waals surface area contributed by atoms with E-state index in [-0.39, 0.29) is 12.1 Å². The highest BCUT2D eigenvalue weighted by Crippen LogP contribution is 2.44. The van der Waals surface area contributed by atoms with Crippen LogP contribution in [-0.4, -0.2) is 36.1 Å². The van der Waals surface area contributed by atoms with Gasteiger partial charge in [-0.1, -0.05) is 26.0 Å². The molecule has 5 nitrogen and oxygen atoms in total. The van der Waals surface area contributed by atoms with Crippen molar-refractivity contribution in [3.8, 4) is 5.00 Å². The number of nitrogens with zero attached hydrogens (tertiary/aromatic N) is 3. The topological polar surface area (TPSA) is 40.5 Å². The Balaban J connectivity index is 1.63. The Kier molecular flexibility index (Phi) is 5.95. The molecule has 1 N–H and O–H groups in total. The van der Waals surface area contributed by atoms with Gasteiger partial charge in [-0.3, -0.25) is 0 Å². The number of urea groups is 1. The van der Waals surface area contributed by atoms with Crippen molar-refractivity contribution in [2.75, 3.05) is 25.5 Å². The van der Waals surface area contributed by atoms with Crippen LogP contribution in [0.5, 0.6) is 0 Å². The van der Waals surface area contributed by atoms with Crippen LogP contribution in [0, 0.1) is 5.92 Å². The Morgan fingerprint density at radius 1 is 1.12 bits per heavy atom. The summed E-state index contributed by atoms with van der Waals surface area (Å²) >= 11 is 1.93. The minimum Gasteiger partial charge on any atom is -0.378 e. The maximum Gasteiger partial charge on any atom is 0.318 e. The molecule has 0 saturated heterocycles. The molecule has 1 atom stereocenters. The van der Waals surface area contributed by atoms with E-state index in [1.54, 1.807) is 0 Å². The summed E-state index contributed by atoms with van der Waals surface area (Å²) < 4.78 is 2.35. The van der Waals surface area contributed by atoms with Gasteiger partial charge in [0.2, 0.25) is 0 Å². The highest BCUT2D eigenvalue weighted by Gasteiger charge is 2.36. The zero-order chi connectivity index (χ0) is 23.1. The van der Waals surface area contributed by atoms with Gasteiger partial charge in [-0.25, -0.2) is 4.79 Å². The number of anilines is 1. The van der Waals surface area contributed by atoms with Crippen LogP contribution in [0.2, 0.25) is 0 Å². The third-order valence-corrected chi connectivity index (χ3v) is 8.16. The van der Waals surface area contributed by atoms with Crippen molar-refractivity contribution in [1.82, 2.24) is 14.8 Å². The maximum absolute atomic E-state index is 13.6. The van der Waals surface area contributed by atoms with Crippen molar-refractivity contribution in [3.05, 3.63) is 69.9 Å². The molecule has 0 bridgehead atoms. The number of hydrogen-bond donors (Lipinski definition) is 1. The van der Waals surface area contributed by atoms with Crippen LogP contribution in [0.25, 0.3) is 5.00 Å². The normalized spacial score (nSPS) is 17.2. The fraction of sp³-hybridized carbons (Fsp3) is 0.444. The van der Waals surface area contributed by atoms with Crippen LogP contribution >= 0.6 is 11.3 Å². The van der Waals surface area contributed by atoms with Gasteiger partial charge < -0.3 is 19.7 Å². The van der Waals surface area contributed by atoms with Crippen molar-refractivity contribution in [2.45, 2.75) is 52.1 Å². The van der Waals surface area contributed by atoms with Gasteiger partial charge in [0.15, 0.2) is 0 Å². The van der Waals surface area contributed by atoms with Crippen molar-refractivity contribution in [3.63, 3.8) is 0 Å². The van der Waals surface area contributed by atoms with E-state index in [4.69, 9.17) is 0 Å². The van der Waals surface area contributed by atoms with Crippen LogP contribution in [0.3, 0.4) is 0 Å². The highest BCUT2D eigenvalue weighted by molar-refractivity contribution is 7.15. The van der Waals surface area contributed by atoms with E-state index in [2.05, 4.69) is 90.2 Å². The summed E-state index contributed by atoms with van der Waals surface area (Å²) in [7, 11) is 4.11. The molecule has 2 aromatic heterocycles. The first kappa shape index (κ1) is 22.1. The van der Waals surface area contributed by atoms with E-state index in [0.29, 0.717) is 19.0 Å². The quantitative estimate of drug-likeness (QED) is 0.536. The van der Waals surface area contributed by atoms with Gasteiger partial charge in [0.25, 0.3) is 0 Å². The summed E-state index contributed by atoms with van der Waals surface area (Å²) in [6.45, 7) is 5.60. The summed E-state index contributed by atoms with van der Waals surface area (Å²) in [5.74, 6) is 0.409. The van der Waals surface area contributed by atoms with Gasteiger partial charge in [0, 0.05) is 43.0 Å². The third-order valence-electron chi connectivity index (χ3n) is 6.83. The summed E-state index contributed by atoms with van der Waals surface area (Å²) in [5.41, 5.74) is 6.30. The van der Waals surface area contributed by atoms with E-state index in [1.165, 1.54) is 40.3 Å². The molecule has 1 aromatic carbocycles. The minimum atomic E-state index is -0.137. The Morgan fingerprint density at radius 3 is 2.61 bits per heavy atom. The number of benzene rings is 1. The molecular formula is C27H34N4OS. The second kappa shape index (κ2) is 8.90.